The fraction of sp³-hybridized carbons (Fsp3) is 0.889. The van der Waals surface area contributed by atoms with Crippen molar-refractivity contribution in [3.63, 3.8) is 0 Å². The zero-order valence-corrected chi connectivity index (χ0v) is 14.4. The van der Waals surface area contributed by atoms with E-state index in [-0.39, 0.29) is 0 Å². The van der Waals surface area contributed by atoms with Crippen LogP contribution in [0.25, 0.3) is 0 Å². The molecule has 2 unspecified atom stereocenters. The molecule has 5 nitrogen and oxygen atoms in total. The Morgan fingerprint density at radius 1 is 1.18 bits per heavy atom. The molecule has 1 N–H and O–H groups in total. The molecule has 0 bridgehead atoms. The van der Waals surface area contributed by atoms with Gasteiger partial charge in [-0.25, -0.2) is 0 Å². The fourth-order valence-corrected chi connectivity index (χ4v) is 4.88. The SMILES string of the molecule is CI(C)CC(C)(F)C(=O)OC(C(F)(F)F)C(F)(F)S(=O)(=O)O. The van der Waals surface area contributed by atoms with Gasteiger partial charge in [0.2, 0.25) is 0 Å². The molecule has 0 aromatic rings. The summed E-state index contributed by atoms with van der Waals surface area (Å²) >= 11 is -1.99. The number of rotatable bonds is 6. The Bertz CT molecular complexity index is 515. The Morgan fingerprint density at radius 2 is 1.59 bits per heavy atom. The molecule has 0 aliphatic heterocycles. The van der Waals surface area contributed by atoms with Gasteiger partial charge in [-0.05, 0) is 0 Å². The molecule has 2 atom stereocenters. The predicted octanol–water partition coefficient (Wildman–Crippen LogP) is 2.44. The van der Waals surface area contributed by atoms with Gasteiger partial charge >= 0.3 is 129 Å². The van der Waals surface area contributed by atoms with Crippen molar-refractivity contribution in [3.05, 3.63) is 0 Å². The van der Waals surface area contributed by atoms with Crippen LogP contribution in [0, 0.1) is 0 Å². The summed E-state index contributed by atoms with van der Waals surface area (Å²) < 4.78 is 110. The van der Waals surface area contributed by atoms with Crippen LogP contribution in [0.4, 0.5) is 26.3 Å². The molecular weight excluding hydrogens is 461 g/mol. The van der Waals surface area contributed by atoms with Gasteiger partial charge in [0.15, 0.2) is 0 Å². The maximum absolute atomic E-state index is 13.9. The molecule has 0 heterocycles. The first-order chi connectivity index (χ1) is 9.43. The quantitative estimate of drug-likeness (QED) is 0.211. The maximum atomic E-state index is 13.9. The molecule has 134 valence electrons. The molecular formula is C9H13F6IO5S. The molecule has 0 radical (unpaired) electrons. The van der Waals surface area contributed by atoms with E-state index in [0.717, 1.165) is 0 Å². The summed E-state index contributed by atoms with van der Waals surface area (Å²) in [5.74, 6) is -2.27. The molecule has 0 aromatic heterocycles. The monoisotopic (exact) mass is 474 g/mol. The summed E-state index contributed by atoms with van der Waals surface area (Å²) in [5, 5.41) is -5.87. The van der Waals surface area contributed by atoms with Crippen LogP contribution in [0.3, 0.4) is 0 Å². The molecule has 22 heavy (non-hydrogen) atoms. The third kappa shape index (κ3) is 5.40. The first-order valence-corrected chi connectivity index (χ1v) is 12.5. The van der Waals surface area contributed by atoms with E-state index in [0.29, 0.717) is 6.92 Å². The number of alkyl halides is 9. The molecule has 13 heteroatoms. The number of carbonyl (C=O) groups is 1. The Morgan fingerprint density at radius 3 is 1.86 bits per heavy atom. The van der Waals surface area contributed by atoms with Gasteiger partial charge in [0, 0.05) is 0 Å². The Hall–Kier alpha value is -0.310. The van der Waals surface area contributed by atoms with Crippen molar-refractivity contribution in [1.82, 2.24) is 0 Å². The third-order valence-corrected chi connectivity index (χ3v) is 5.98. The number of hydrogen-bond donors (Lipinski definition) is 1. The van der Waals surface area contributed by atoms with Crippen molar-refractivity contribution in [2.45, 2.75) is 30.1 Å². The van der Waals surface area contributed by atoms with Crippen molar-refractivity contribution < 1.29 is 48.8 Å². The summed E-state index contributed by atoms with van der Waals surface area (Å²) in [5.41, 5.74) is -2.98. The van der Waals surface area contributed by atoms with Gasteiger partial charge < -0.3 is 0 Å². The van der Waals surface area contributed by atoms with Gasteiger partial charge in [-0.3, -0.25) is 0 Å². The van der Waals surface area contributed by atoms with E-state index in [1.165, 1.54) is 0 Å². The van der Waals surface area contributed by atoms with E-state index in [1.807, 2.05) is 0 Å². The number of ether oxygens (including phenoxy) is 1. The van der Waals surface area contributed by atoms with Crippen LogP contribution in [-0.2, 0) is 19.6 Å². The van der Waals surface area contributed by atoms with Gasteiger partial charge in [0.1, 0.15) is 0 Å². The van der Waals surface area contributed by atoms with Crippen LogP contribution >= 0.6 is 19.8 Å². The van der Waals surface area contributed by atoms with Crippen LogP contribution in [0.1, 0.15) is 6.92 Å². The van der Waals surface area contributed by atoms with Crippen molar-refractivity contribution in [1.29, 1.82) is 0 Å². The summed E-state index contributed by atoms with van der Waals surface area (Å²) in [6, 6.07) is 0. The third-order valence-electron chi connectivity index (χ3n) is 2.12. The second kappa shape index (κ2) is 6.67. The minimum absolute atomic E-state index is 0.488. The van der Waals surface area contributed by atoms with Crippen LogP contribution < -0.4 is 0 Å². The number of hydrogen-bond acceptors (Lipinski definition) is 4. The molecule has 0 fully saturated rings. The van der Waals surface area contributed by atoms with Gasteiger partial charge in [-0.15, -0.1) is 0 Å². The molecule has 0 spiro atoms. The zero-order chi connectivity index (χ0) is 18.1. The average molecular weight is 474 g/mol. The number of esters is 1. The van der Waals surface area contributed by atoms with E-state index in [9.17, 15) is 39.6 Å². The normalized spacial score (nSPS) is 18.4. The van der Waals surface area contributed by atoms with Crippen LogP contribution in [0.5, 0.6) is 0 Å². The van der Waals surface area contributed by atoms with E-state index >= 15 is 0 Å². The molecule has 0 rings (SSSR count). The van der Waals surface area contributed by atoms with E-state index in [4.69, 9.17) is 4.55 Å². The van der Waals surface area contributed by atoms with Gasteiger partial charge in [-0.1, -0.05) is 0 Å². The second-order valence-corrected chi connectivity index (χ2v) is 12.1. The number of carbonyl (C=O) groups excluding carboxylic acids is 1. The van der Waals surface area contributed by atoms with Crippen molar-refractivity contribution >= 4 is 35.9 Å². The van der Waals surface area contributed by atoms with Crippen LogP contribution in [0.15, 0.2) is 0 Å². The average Bonchev–Trinajstić information content (AvgIpc) is 2.19. The topological polar surface area (TPSA) is 80.7 Å². The summed E-state index contributed by atoms with van der Waals surface area (Å²) in [6.07, 6.45) is -10.6. The zero-order valence-electron chi connectivity index (χ0n) is 11.4. The fourth-order valence-electron chi connectivity index (χ4n) is 1.25. The number of halogens is 7. The van der Waals surface area contributed by atoms with Crippen molar-refractivity contribution in [2.24, 2.45) is 0 Å². The van der Waals surface area contributed by atoms with Gasteiger partial charge in [0.25, 0.3) is 0 Å². The van der Waals surface area contributed by atoms with Gasteiger partial charge in [0.05, 0.1) is 0 Å². The Balaban J connectivity index is 5.60. The van der Waals surface area contributed by atoms with Crippen molar-refractivity contribution in [3.8, 4) is 0 Å². The molecule has 0 aliphatic carbocycles. The van der Waals surface area contributed by atoms with E-state index in [2.05, 4.69) is 4.74 Å². The van der Waals surface area contributed by atoms with E-state index in [1.54, 1.807) is 9.86 Å². The minimum atomic E-state index is -6.54. The summed E-state index contributed by atoms with van der Waals surface area (Å²) in [6.45, 7) is 0.547. The van der Waals surface area contributed by atoms with Crippen LogP contribution in [0.2, 0.25) is 0 Å². The molecule has 0 amide bonds. The molecule has 0 saturated carbocycles. The molecule has 0 saturated heterocycles. The molecule has 0 aliphatic rings. The Kier molecular flexibility index (Phi) is 6.57. The van der Waals surface area contributed by atoms with Crippen LogP contribution in [-0.4, -0.2) is 56.4 Å². The van der Waals surface area contributed by atoms with E-state index < -0.39 is 63.5 Å². The summed E-state index contributed by atoms with van der Waals surface area (Å²) in [7, 11) is -6.54. The summed E-state index contributed by atoms with van der Waals surface area (Å²) in [4.78, 5) is 14.5. The predicted molar refractivity (Wildman–Crippen MR) is 72.7 cm³/mol. The first-order valence-electron chi connectivity index (χ1n) is 5.20. The second-order valence-electron chi connectivity index (χ2n) is 4.61. The first kappa shape index (κ1) is 21.7. The standard InChI is InChI=1S/C9H13F6IO5S/c1-7(10,4-16(2)3)6(17)21-5(8(11,12)13)9(14,15)22(18,19)20/h5H,4H2,1-3H3,(H,18,19,20). The van der Waals surface area contributed by atoms with Gasteiger partial charge in [-0.2, -0.15) is 0 Å². The molecule has 0 aromatic carbocycles. The van der Waals surface area contributed by atoms with Crippen molar-refractivity contribution in [2.75, 3.05) is 14.3 Å². The Labute approximate surface area is 129 Å².